The number of carbonyl (C=O) groups excluding carboxylic acids is 3. The third kappa shape index (κ3) is 74.6. The summed E-state index contributed by atoms with van der Waals surface area (Å²) in [6.07, 6.45) is 22.1. The van der Waals surface area contributed by atoms with Crippen LogP contribution >= 0.6 is 0 Å². The van der Waals surface area contributed by atoms with Gasteiger partial charge >= 0.3 is 5.91 Å². The Morgan fingerprint density at radius 2 is 0.958 bits per heavy atom. The van der Waals surface area contributed by atoms with Gasteiger partial charge in [0.2, 0.25) is 0 Å². The first-order valence-corrected chi connectivity index (χ1v) is 35.1. The maximum Gasteiger partial charge on any atom is 0.307 e. The molecule has 0 aliphatic rings. The van der Waals surface area contributed by atoms with Crippen LogP contribution in [0.15, 0.2) is 90.3 Å². The number of aliphatic hydroxyl groups excluding tert-OH is 6. The summed E-state index contributed by atoms with van der Waals surface area (Å²) in [6.45, 7) is 60.6. The number of hydrogen-bond acceptors (Lipinski definition) is 14. The van der Waals surface area contributed by atoms with E-state index in [2.05, 4.69) is 187 Å². The summed E-state index contributed by atoms with van der Waals surface area (Å²) in [6, 6.07) is 13.4. The quantitative estimate of drug-likeness (QED) is 0.0313. The van der Waals surface area contributed by atoms with Gasteiger partial charge in [0.05, 0.1) is 25.1 Å². The van der Waals surface area contributed by atoms with Gasteiger partial charge in [-0.2, -0.15) is 0 Å². The molecule has 1 unspecified atom stereocenters. The van der Waals surface area contributed by atoms with Gasteiger partial charge in [0.25, 0.3) is 17.7 Å². The van der Waals surface area contributed by atoms with Crippen LogP contribution in [-0.4, -0.2) is 127 Å². The Morgan fingerprint density at radius 3 is 1.27 bits per heavy atom. The standard InChI is InChI=1S/C14H21NO.C12H19N3O.C11H18N2O2.C10H15N.2C7H16O2.C7H16O.C6H14O.C5H12/c1-14(2,3)10-7-11-15-13(16)12-8-5-4-6-9-12;1-10(2)5-3-4-6-15-12(16)11-9-13-7-8-14-11;1-9(2)5-3-4-6-12-10(14)11-13-7-8-15-11;1-10(2,3)7-9-5-4-6-11-8-9;1-7(2,3)6(4-8)5-9;1-7(2,3)4-6(9)5-8;1-6(5-8)7(2,3)4;1-6(2,3)4-5-7;1-5(2,3)4/h4-6,8-9H,7,10-11H2,1-3H3,(H,15,16);7-10H,3-6H2,1-2H3,(H,15,16);7-9H,3-6H2,1-2H3,(H,12,14);4-6,8H,7H2,1-3H3;2*6,8-9H,4-5H2,1-3H3;6,8H,5H2,1-4H3;7H,4-5H2,1-3H3;1-4H3/t;;;;;;6-;;/m......1../s1. The summed E-state index contributed by atoms with van der Waals surface area (Å²) in [7, 11) is 0. The first-order valence-electron chi connectivity index (χ1n) is 35.1. The Hall–Kier alpha value is -5.17. The molecule has 0 bridgehead atoms. The second kappa shape index (κ2) is 54.7. The topological polar surface area (TPSA) is 273 Å². The number of nitrogens with one attached hydrogen (secondary N) is 3. The highest BCUT2D eigenvalue weighted by Crippen LogP contribution is 2.26. The first-order chi connectivity index (χ1) is 44.0. The van der Waals surface area contributed by atoms with E-state index < -0.39 is 6.10 Å². The second-order valence-corrected chi connectivity index (χ2v) is 34.1. The average molecular weight is 1360 g/mol. The van der Waals surface area contributed by atoms with E-state index in [4.69, 9.17) is 35.1 Å². The van der Waals surface area contributed by atoms with E-state index in [1.165, 1.54) is 43.3 Å². The molecule has 0 aliphatic heterocycles. The lowest BCUT2D eigenvalue weighted by molar-refractivity contribution is 0.0612. The number of aromatic nitrogens is 4. The maximum absolute atomic E-state index is 11.7. The summed E-state index contributed by atoms with van der Waals surface area (Å²) in [4.78, 5) is 50.1. The van der Waals surface area contributed by atoms with Crippen LogP contribution in [0.3, 0.4) is 0 Å². The van der Waals surface area contributed by atoms with E-state index in [9.17, 15) is 14.4 Å². The van der Waals surface area contributed by atoms with Gasteiger partial charge in [-0.05, 0) is 124 Å². The van der Waals surface area contributed by atoms with Crippen molar-refractivity contribution in [1.82, 2.24) is 35.9 Å². The van der Waals surface area contributed by atoms with Gasteiger partial charge in [0, 0.05) is 82.3 Å². The van der Waals surface area contributed by atoms with Crippen molar-refractivity contribution in [1.29, 1.82) is 0 Å². The van der Waals surface area contributed by atoms with E-state index >= 15 is 0 Å². The molecule has 96 heavy (non-hydrogen) atoms. The Bertz CT molecular complexity index is 2390. The van der Waals surface area contributed by atoms with Crippen molar-refractivity contribution in [3.8, 4) is 0 Å². The molecule has 17 heteroatoms. The van der Waals surface area contributed by atoms with Gasteiger partial charge in [-0.3, -0.25) is 24.4 Å². The molecule has 17 nitrogen and oxygen atoms in total. The lowest BCUT2D eigenvalue weighted by Crippen LogP contribution is -2.26. The molecule has 3 heterocycles. The molecule has 2 atom stereocenters. The third-order valence-electron chi connectivity index (χ3n) is 13.6. The van der Waals surface area contributed by atoms with Crippen LogP contribution in [0.5, 0.6) is 0 Å². The fourth-order valence-electron chi connectivity index (χ4n) is 7.29. The van der Waals surface area contributed by atoms with Gasteiger partial charge < -0.3 is 51.0 Å². The zero-order valence-corrected chi connectivity index (χ0v) is 66.0. The van der Waals surface area contributed by atoms with Crippen molar-refractivity contribution in [2.45, 2.75) is 264 Å². The molecule has 0 fully saturated rings. The molecule has 3 amide bonds. The van der Waals surface area contributed by atoms with Crippen LogP contribution in [0.1, 0.15) is 288 Å². The SMILES string of the molecule is CC(C)(C)C.CC(C)(C)C(CO)CO.CC(C)(C)CC(O)CO.CC(C)(C)CCCNC(=O)c1ccccc1.CC(C)(C)CCO.CC(C)(C)Cc1cccnc1.CC(C)CCCCNC(=O)c1cnccn1.CC(C)CCCCNC(=O)c1ncco1.C[C@H](CO)C(C)(C)C. The maximum atomic E-state index is 11.7. The van der Waals surface area contributed by atoms with Crippen LogP contribution in [-0.2, 0) is 6.42 Å². The molecule has 0 radical (unpaired) electrons. The van der Waals surface area contributed by atoms with Crippen LogP contribution in [0.25, 0.3) is 0 Å². The van der Waals surface area contributed by atoms with Gasteiger partial charge in [0.1, 0.15) is 12.0 Å². The zero-order valence-electron chi connectivity index (χ0n) is 66.0. The van der Waals surface area contributed by atoms with Crippen molar-refractivity contribution >= 4 is 17.7 Å². The number of carbonyl (C=O) groups is 3. The summed E-state index contributed by atoms with van der Waals surface area (Å²) in [5, 5.41) is 60.4. The summed E-state index contributed by atoms with van der Waals surface area (Å²) < 4.78 is 4.87. The zero-order chi connectivity index (χ0) is 75.4. The van der Waals surface area contributed by atoms with Crippen molar-refractivity contribution < 1.29 is 49.4 Å². The first kappa shape index (κ1) is 99.5. The average Bonchev–Trinajstić information content (AvgIpc) is 1.37. The van der Waals surface area contributed by atoms with Crippen molar-refractivity contribution in [3.05, 3.63) is 109 Å². The summed E-state index contributed by atoms with van der Waals surface area (Å²) in [5.74, 6) is 1.67. The minimum absolute atomic E-state index is 0.0116. The molecule has 0 saturated heterocycles. The Kier molecular flexibility index (Phi) is 56.7. The normalized spacial score (nSPS) is 12.1. The third-order valence-corrected chi connectivity index (χ3v) is 13.6. The van der Waals surface area contributed by atoms with E-state index in [-0.39, 0.29) is 65.6 Å². The minimum atomic E-state index is -0.551. The molecule has 4 aromatic rings. The molecule has 4 rings (SSSR count). The molecule has 9 N–H and O–H groups in total. The Labute approximate surface area is 586 Å². The number of aliphatic hydroxyl groups is 6. The predicted octanol–water partition coefficient (Wildman–Crippen LogP) is 16.7. The Balaban J connectivity index is -0.000000330. The van der Waals surface area contributed by atoms with Crippen molar-refractivity contribution in [3.63, 3.8) is 0 Å². The van der Waals surface area contributed by atoms with E-state index in [0.29, 0.717) is 66.0 Å². The minimum Gasteiger partial charge on any atom is -0.441 e. The number of rotatable bonds is 23. The van der Waals surface area contributed by atoms with Crippen LogP contribution in [0.2, 0.25) is 0 Å². The number of benzene rings is 1. The fourth-order valence-corrected chi connectivity index (χ4v) is 7.29. The lowest BCUT2D eigenvalue weighted by atomic mass is 9.82. The fraction of sp³-hybridized carbons (Fsp3) is 0.734. The van der Waals surface area contributed by atoms with E-state index in [1.807, 2.05) is 90.3 Å². The number of nitrogens with zero attached hydrogens (tertiary/aromatic N) is 4. The van der Waals surface area contributed by atoms with Crippen LogP contribution < -0.4 is 16.0 Å². The molecule has 558 valence electrons. The molecule has 3 aromatic heterocycles. The molecule has 0 aliphatic carbocycles. The second-order valence-electron chi connectivity index (χ2n) is 34.1. The van der Waals surface area contributed by atoms with Gasteiger partial charge in [-0.15, -0.1) is 0 Å². The highest BCUT2D eigenvalue weighted by atomic mass is 16.4. The summed E-state index contributed by atoms with van der Waals surface area (Å²) in [5.41, 5.74) is 4.33. The molecule has 0 saturated carbocycles. The lowest BCUT2D eigenvalue weighted by Gasteiger charge is -2.26. The molecule has 0 spiro atoms. The van der Waals surface area contributed by atoms with E-state index in [0.717, 1.165) is 75.3 Å². The van der Waals surface area contributed by atoms with Gasteiger partial charge in [-0.25, -0.2) is 9.97 Å². The number of oxazole rings is 1. The van der Waals surface area contributed by atoms with Crippen molar-refractivity contribution in [2.75, 3.05) is 52.7 Å². The largest absolute Gasteiger partial charge is 0.441 e. The Morgan fingerprint density at radius 1 is 0.479 bits per heavy atom. The predicted molar refractivity (Wildman–Crippen MR) is 402 cm³/mol. The van der Waals surface area contributed by atoms with Crippen molar-refractivity contribution in [2.24, 2.45) is 61.6 Å². The molecular formula is C79H147N7O10. The summed E-state index contributed by atoms with van der Waals surface area (Å²) >= 11 is 0. The highest BCUT2D eigenvalue weighted by molar-refractivity contribution is 5.94. The van der Waals surface area contributed by atoms with E-state index in [1.54, 1.807) is 6.20 Å². The highest BCUT2D eigenvalue weighted by Gasteiger charge is 2.23. The number of pyridine rings is 1. The van der Waals surface area contributed by atoms with Crippen LogP contribution in [0.4, 0.5) is 0 Å². The number of amides is 3. The van der Waals surface area contributed by atoms with Crippen LogP contribution in [0, 0.1) is 61.6 Å². The number of hydrogen-bond donors (Lipinski definition) is 9. The van der Waals surface area contributed by atoms with Gasteiger partial charge in [0.15, 0.2) is 0 Å². The van der Waals surface area contributed by atoms with Gasteiger partial charge in [-0.1, -0.05) is 237 Å². The molecule has 1 aromatic carbocycles. The monoisotopic (exact) mass is 1350 g/mol. The molecular weight excluding hydrogens is 1210 g/mol. The number of unbranched alkanes of at least 4 members (excludes halogenated alkanes) is 2. The smallest absolute Gasteiger partial charge is 0.307 e.